The van der Waals surface area contributed by atoms with Crippen molar-refractivity contribution in [2.75, 3.05) is 19.0 Å². The van der Waals surface area contributed by atoms with Gasteiger partial charge in [0.2, 0.25) is 0 Å². The molecular formula is C19H23N5O. The van der Waals surface area contributed by atoms with Gasteiger partial charge >= 0.3 is 0 Å². The Kier molecular flexibility index (Phi) is 4.50. The Morgan fingerprint density at radius 2 is 2.08 bits per heavy atom. The maximum absolute atomic E-state index is 5.27. The van der Waals surface area contributed by atoms with Crippen molar-refractivity contribution in [3.05, 3.63) is 42.5 Å². The van der Waals surface area contributed by atoms with E-state index in [4.69, 9.17) is 4.74 Å². The molecule has 6 heteroatoms. The SMILES string of the molecule is COc1cccc(CCNc2ncnc3c2ncn3C2CCCC2)c1. The summed E-state index contributed by atoms with van der Waals surface area (Å²) in [6, 6.07) is 8.67. The third kappa shape index (κ3) is 3.29. The highest BCUT2D eigenvalue weighted by atomic mass is 16.5. The van der Waals surface area contributed by atoms with Crippen molar-refractivity contribution >= 4 is 17.0 Å². The molecule has 2 heterocycles. The summed E-state index contributed by atoms with van der Waals surface area (Å²) in [5.41, 5.74) is 3.03. The topological polar surface area (TPSA) is 64.9 Å². The van der Waals surface area contributed by atoms with Crippen LogP contribution in [0.15, 0.2) is 36.9 Å². The molecule has 0 aliphatic heterocycles. The molecule has 2 aromatic heterocycles. The Hall–Kier alpha value is -2.63. The van der Waals surface area contributed by atoms with Crippen LogP contribution in [0.4, 0.5) is 5.82 Å². The first-order valence-electron chi connectivity index (χ1n) is 8.89. The minimum absolute atomic E-state index is 0.532. The zero-order valence-corrected chi connectivity index (χ0v) is 14.5. The predicted octanol–water partition coefficient (Wildman–Crippen LogP) is 3.60. The number of benzene rings is 1. The van der Waals surface area contributed by atoms with Gasteiger partial charge in [-0.1, -0.05) is 25.0 Å². The van der Waals surface area contributed by atoms with Crippen LogP contribution in [0.1, 0.15) is 37.3 Å². The molecule has 4 rings (SSSR count). The van der Waals surface area contributed by atoms with Crippen molar-refractivity contribution in [1.82, 2.24) is 19.5 Å². The molecule has 1 aliphatic carbocycles. The largest absolute Gasteiger partial charge is 0.497 e. The first-order chi connectivity index (χ1) is 12.3. The number of rotatable bonds is 6. The summed E-state index contributed by atoms with van der Waals surface area (Å²) >= 11 is 0. The number of fused-ring (bicyclic) bond motifs is 1. The molecule has 0 saturated heterocycles. The molecule has 0 atom stereocenters. The minimum Gasteiger partial charge on any atom is -0.497 e. The van der Waals surface area contributed by atoms with E-state index in [2.05, 4.69) is 37.0 Å². The lowest BCUT2D eigenvalue weighted by molar-refractivity contribution is 0.414. The van der Waals surface area contributed by atoms with E-state index in [1.165, 1.54) is 31.2 Å². The van der Waals surface area contributed by atoms with Crippen molar-refractivity contribution in [3.63, 3.8) is 0 Å². The van der Waals surface area contributed by atoms with Gasteiger partial charge in [-0.05, 0) is 37.0 Å². The first kappa shape index (κ1) is 15.9. The number of nitrogens with one attached hydrogen (secondary N) is 1. The molecule has 0 radical (unpaired) electrons. The van der Waals surface area contributed by atoms with Gasteiger partial charge in [0.1, 0.15) is 17.6 Å². The fourth-order valence-corrected chi connectivity index (χ4v) is 3.58. The van der Waals surface area contributed by atoms with Crippen LogP contribution in [-0.4, -0.2) is 33.2 Å². The van der Waals surface area contributed by atoms with Crippen molar-refractivity contribution in [2.45, 2.75) is 38.1 Å². The number of hydrogen-bond donors (Lipinski definition) is 1. The summed E-state index contributed by atoms with van der Waals surface area (Å²) in [5.74, 6) is 1.70. The van der Waals surface area contributed by atoms with Crippen molar-refractivity contribution < 1.29 is 4.74 Å². The fourth-order valence-electron chi connectivity index (χ4n) is 3.58. The lowest BCUT2D eigenvalue weighted by atomic mass is 10.1. The number of aromatic nitrogens is 4. The van der Waals surface area contributed by atoms with Crippen LogP contribution >= 0.6 is 0 Å². The Labute approximate surface area is 147 Å². The summed E-state index contributed by atoms with van der Waals surface area (Å²) in [4.78, 5) is 13.4. The second kappa shape index (κ2) is 7.09. The quantitative estimate of drug-likeness (QED) is 0.744. The molecule has 6 nitrogen and oxygen atoms in total. The molecule has 0 amide bonds. The second-order valence-electron chi connectivity index (χ2n) is 6.51. The standard InChI is InChI=1S/C19H23N5O/c1-25-16-8-4-5-14(11-16)9-10-20-18-17-19(22-12-21-18)24(13-23-17)15-6-2-3-7-15/h4-5,8,11-13,15H,2-3,6-7,9-10H2,1H3,(H,20,21,22). The first-order valence-corrected chi connectivity index (χ1v) is 8.89. The van der Waals surface area contributed by atoms with Crippen LogP contribution < -0.4 is 10.1 Å². The van der Waals surface area contributed by atoms with Crippen molar-refractivity contribution in [3.8, 4) is 5.75 Å². The van der Waals surface area contributed by atoms with Gasteiger partial charge in [-0.25, -0.2) is 15.0 Å². The van der Waals surface area contributed by atoms with Crippen LogP contribution in [0.2, 0.25) is 0 Å². The van der Waals surface area contributed by atoms with E-state index in [9.17, 15) is 0 Å². The lowest BCUT2D eigenvalue weighted by Crippen LogP contribution is -2.08. The normalized spacial score (nSPS) is 14.9. The van der Waals surface area contributed by atoms with Crippen LogP contribution in [0.25, 0.3) is 11.2 Å². The van der Waals surface area contributed by atoms with Gasteiger partial charge in [-0.3, -0.25) is 0 Å². The molecule has 1 saturated carbocycles. The fraction of sp³-hybridized carbons (Fsp3) is 0.421. The molecule has 0 unspecified atom stereocenters. The summed E-state index contributed by atoms with van der Waals surface area (Å²) in [5, 5.41) is 3.41. The number of hydrogen-bond acceptors (Lipinski definition) is 5. The Bertz CT molecular complexity index is 854. The van der Waals surface area contributed by atoms with E-state index < -0.39 is 0 Å². The van der Waals surface area contributed by atoms with Crippen LogP contribution in [-0.2, 0) is 6.42 Å². The number of imidazole rings is 1. The molecule has 3 aromatic rings. The van der Waals surface area contributed by atoms with Gasteiger partial charge in [0.25, 0.3) is 0 Å². The minimum atomic E-state index is 0.532. The molecule has 0 spiro atoms. The summed E-state index contributed by atoms with van der Waals surface area (Å²) in [7, 11) is 1.69. The van der Waals surface area contributed by atoms with Gasteiger partial charge in [-0.15, -0.1) is 0 Å². The smallest absolute Gasteiger partial charge is 0.165 e. The van der Waals surface area contributed by atoms with E-state index in [0.717, 1.165) is 35.7 Å². The Morgan fingerprint density at radius 1 is 1.20 bits per heavy atom. The third-order valence-corrected chi connectivity index (χ3v) is 4.92. The van der Waals surface area contributed by atoms with Crippen LogP contribution in [0, 0.1) is 0 Å². The zero-order chi connectivity index (χ0) is 17.1. The predicted molar refractivity (Wildman–Crippen MR) is 98.0 cm³/mol. The van der Waals surface area contributed by atoms with Gasteiger partial charge < -0.3 is 14.6 Å². The highest BCUT2D eigenvalue weighted by molar-refractivity contribution is 5.82. The van der Waals surface area contributed by atoms with Gasteiger partial charge in [-0.2, -0.15) is 0 Å². The number of methoxy groups -OCH3 is 1. The molecule has 25 heavy (non-hydrogen) atoms. The average molecular weight is 337 g/mol. The highest BCUT2D eigenvalue weighted by Crippen LogP contribution is 2.32. The third-order valence-electron chi connectivity index (χ3n) is 4.92. The molecular weight excluding hydrogens is 314 g/mol. The Balaban J connectivity index is 1.48. The molecule has 0 bridgehead atoms. The van der Waals surface area contributed by atoms with Gasteiger partial charge in [0.15, 0.2) is 11.5 Å². The van der Waals surface area contributed by atoms with Gasteiger partial charge in [0, 0.05) is 12.6 Å². The zero-order valence-electron chi connectivity index (χ0n) is 14.5. The summed E-state index contributed by atoms with van der Waals surface area (Å²) in [6.07, 6.45) is 9.46. The maximum Gasteiger partial charge on any atom is 0.165 e. The molecule has 1 fully saturated rings. The second-order valence-corrected chi connectivity index (χ2v) is 6.51. The monoisotopic (exact) mass is 337 g/mol. The van der Waals surface area contributed by atoms with E-state index in [1.807, 2.05) is 18.5 Å². The maximum atomic E-state index is 5.27. The molecule has 1 aromatic carbocycles. The lowest BCUT2D eigenvalue weighted by Gasteiger charge is -2.11. The van der Waals surface area contributed by atoms with Gasteiger partial charge in [0.05, 0.1) is 13.4 Å². The van der Waals surface area contributed by atoms with E-state index >= 15 is 0 Å². The number of ether oxygens (including phenoxy) is 1. The Morgan fingerprint density at radius 3 is 2.92 bits per heavy atom. The summed E-state index contributed by atoms with van der Waals surface area (Å²) in [6.45, 7) is 0.787. The van der Waals surface area contributed by atoms with E-state index in [-0.39, 0.29) is 0 Å². The molecule has 1 N–H and O–H groups in total. The summed E-state index contributed by atoms with van der Waals surface area (Å²) < 4.78 is 7.49. The van der Waals surface area contributed by atoms with Crippen LogP contribution in [0.5, 0.6) is 5.75 Å². The van der Waals surface area contributed by atoms with E-state index in [1.54, 1.807) is 13.4 Å². The van der Waals surface area contributed by atoms with Crippen molar-refractivity contribution in [1.29, 1.82) is 0 Å². The number of anilines is 1. The van der Waals surface area contributed by atoms with E-state index in [0.29, 0.717) is 6.04 Å². The van der Waals surface area contributed by atoms with Crippen LogP contribution in [0.3, 0.4) is 0 Å². The number of nitrogens with zero attached hydrogens (tertiary/aromatic N) is 4. The average Bonchev–Trinajstić information content (AvgIpc) is 3.31. The van der Waals surface area contributed by atoms with Crippen molar-refractivity contribution in [2.24, 2.45) is 0 Å². The molecule has 1 aliphatic rings. The highest BCUT2D eigenvalue weighted by Gasteiger charge is 2.20. The molecule has 130 valence electrons.